The normalized spacial score (nSPS) is 18.5. The number of halogens is 3. The molecule has 0 aliphatic carbocycles. The van der Waals surface area contributed by atoms with Crippen LogP contribution in [0.25, 0.3) is 0 Å². The zero-order chi connectivity index (χ0) is 22.6. The molecule has 0 N–H and O–H groups in total. The van der Waals surface area contributed by atoms with Crippen molar-refractivity contribution in [1.29, 1.82) is 5.26 Å². The molecule has 0 radical (unpaired) electrons. The molecule has 0 spiro atoms. The van der Waals surface area contributed by atoms with Gasteiger partial charge in [0.25, 0.3) is 0 Å². The molecular weight excluding hydrogens is 435 g/mol. The van der Waals surface area contributed by atoms with E-state index < -0.39 is 11.7 Å². The lowest BCUT2D eigenvalue weighted by molar-refractivity contribution is -0.138. The largest absolute Gasteiger partial charge is 0.457 e. The van der Waals surface area contributed by atoms with Gasteiger partial charge in [-0.15, -0.1) is 0 Å². The Morgan fingerprint density at radius 1 is 1.19 bits per heavy atom. The average Bonchev–Trinajstić information content (AvgIpc) is 2.79. The summed E-state index contributed by atoms with van der Waals surface area (Å²) < 4.78 is 49.9. The molecular formula is C24H24F3N3OS. The number of benzene rings is 2. The van der Waals surface area contributed by atoms with Crippen molar-refractivity contribution in [3.05, 3.63) is 59.2 Å². The van der Waals surface area contributed by atoms with Crippen molar-refractivity contribution >= 4 is 17.8 Å². The maximum atomic E-state index is 13.3. The van der Waals surface area contributed by atoms with E-state index in [2.05, 4.69) is 9.30 Å². The maximum Gasteiger partial charge on any atom is 0.419 e. The zero-order valence-electron chi connectivity index (χ0n) is 17.6. The fraction of sp³-hybridized carbons (Fsp3) is 0.417. The van der Waals surface area contributed by atoms with Crippen molar-refractivity contribution in [2.45, 2.75) is 50.7 Å². The van der Waals surface area contributed by atoms with Crippen molar-refractivity contribution in [3.63, 3.8) is 0 Å². The lowest BCUT2D eigenvalue weighted by atomic mass is 9.95. The van der Waals surface area contributed by atoms with E-state index in [1.165, 1.54) is 18.7 Å². The van der Waals surface area contributed by atoms with Gasteiger partial charge in [0.2, 0.25) is 0 Å². The first-order valence-electron chi connectivity index (χ1n) is 10.8. The summed E-state index contributed by atoms with van der Waals surface area (Å²) in [5, 5.41) is 9.00. The Morgan fingerprint density at radius 3 is 2.75 bits per heavy atom. The second-order valence-corrected chi connectivity index (χ2v) is 8.89. The minimum absolute atomic E-state index is 0.118. The van der Waals surface area contributed by atoms with Gasteiger partial charge in [-0.1, -0.05) is 12.1 Å². The van der Waals surface area contributed by atoms with Crippen LogP contribution in [0.15, 0.2) is 46.9 Å². The highest BCUT2D eigenvalue weighted by atomic mass is 32.2. The molecule has 168 valence electrons. The van der Waals surface area contributed by atoms with Crippen molar-refractivity contribution in [2.24, 2.45) is 4.40 Å². The van der Waals surface area contributed by atoms with Crippen LogP contribution in [0, 0.1) is 11.3 Å². The van der Waals surface area contributed by atoms with Crippen LogP contribution in [0.1, 0.15) is 48.8 Å². The van der Waals surface area contributed by atoms with Crippen LogP contribution in [0.4, 0.5) is 13.2 Å². The second kappa shape index (κ2) is 9.86. The summed E-state index contributed by atoms with van der Waals surface area (Å²) in [6.07, 6.45) is 1.99. The maximum absolute atomic E-state index is 13.3. The smallest absolute Gasteiger partial charge is 0.419 e. The molecule has 1 atom stereocenters. The molecule has 1 saturated heterocycles. The molecule has 1 unspecified atom stereocenters. The van der Waals surface area contributed by atoms with Gasteiger partial charge in [0.1, 0.15) is 17.3 Å². The van der Waals surface area contributed by atoms with Crippen LogP contribution < -0.4 is 4.74 Å². The number of nitriles is 1. The predicted molar refractivity (Wildman–Crippen MR) is 120 cm³/mol. The highest BCUT2D eigenvalue weighted by molar-refractivity contribution is 7.98. The summed E-state index contributed by atoms with van der Waals surface area (Å²) in [5.74, 6) is 2.25. The topological polar surface area (TPSA) is 48.6 Å². The van der Waals surface area contributed by atoms with Crippen molar-refractivity contribution < 1.29 is 17.9 Å². The van der Waals surface area contributed by atoms with Crippen LogP contribution in [0.3, 0.4) is 0 Å². The second-order valence-electron chi connectivity index (χ2n) is 8.04. The van der Waals surface area contributed by atoms with E-state index >= 15 is 0 Å². The number of ether oxygens (including phenoxy) is 1. The first-order chi connectivity index (χ1) is 15.4. The van der Waals surface area contributed by atoms with Crippen molar-refractivity contribution in [3.8, 4) is 17.6 Å². The minimum Gasteiger partial charge on any atom is -0.457 e. The van der Waals surface area contributed by atoms with E-state index in [9.17, 15) is 13.2 Å². The minimum atomic E-state index is -4.56. The van der Waals surface area contributed by atoms with Gasteiger partial charge >= 0.3 is 6.18 Å². The van der Waals surface area contributed by atoms with Crippen LogP contribution in [0.2, 0.25) is 0 Å². The van der Waals surface area contributed by atoms with Gasteiger partial charge in [-0.05, 0) is 79.9 Å². The number of fused-ring (bicyclic) bond motifs is 1. The van der Waals surface area contributed by atoms with Gasteiger partial charge in [0.15, 0.2) is 0 Å². The van der Waals surface area contributed by atoms with E-state index in [1.807, 2.05) is 18.2 Å². The molecule has 2 heterocycles. The summed E-state index contributed by atoms with van der Waals surface area (Å²) in [6.45, 7) is 1.08. The van der Waals surface area contributed by atoms with E-state index in [0.29, 0.717) is 11.8 Å². The molecule has 0 amide bonds. The van der Waals surface area contributed by atoms with Crippen LogP contribution in [-0.4, -0.2) is 29.1 Å². The van der Waals surface area contributed by atoms with Crippen LogP contribution in [-0.2, 0) is 12.6 Å². The first-order valence-corrected chi connectivity index (χ1v) is 11.7. The molecule has 0 aromatic heterocycles. The Hall–Kier alpha value is -2.66. The number of aryl methyl sites for hydroxylation is 1. The van der Waals surface area contributed by atoms with E-state index in [4.69, 9.17) is 10.00 Å². The molecule has 4 nitrogen and oxygen atoms in total. The lowest BCUT2D eigenvalue weighted by Crippen LogP contribution is -2.46. The number of hydrogen-bond acceptors (Lipinski definition) is 5. The quantitative estimate of drug-likeness (QED) is 0.456. The van der Waals surface area contributed by atoms with Gasteiger partial charge in [-0.3, -0.25) is 0 Å². The average molecular weight is 460 g/mol. The van der Waals surface area contributed by atoms with Crippen LogP contribution >= 0.6 is 11.9 Å². The fourth-order valence-electron chi connectivity index (χ4n) is 4.28. The van der Waals surface area contributed by atoms with Gasteiger partial charge in [0.05, 0.1) is 17.2 Å². The van der Waals surface area contributed by atoms with Crippen molar-refractivity contribution in [1.82, 2.24) is 4.90 Å². The number of alkyl halides is 3. The van der Waals surface area contributed by atoms with E-state index in [-0.39, 0.29) is 11.3 Å². The highest BCUT2D eigenvalue weighted by Crippen LogP contribution is 2.38. The summed E-state index contributed by atoms with van der Waals surface area (Å²) in [7, 11) is 0. The van der Waals surface area contributed by atoms with E-state index in [0.717, 1.165) is 61.7 Å². The first kappa shape index (κ1) is 22.5. The lowest BCUT2D eigenvalue weighted by Gasteiger charge is -2.40. The third-order valence-electron chi connectivity index (χ3n) is 5.87. The molecule has 1 fully saturated rings. The zero-order valence-corrected chi connectivity index (χ0v) is 18.4. The predicted octanol–water partition coefficient (Wildman–Crippen LogP) is 6.61. The number of amidine groups is 1. The third-order valence-corrected chi connectivity index (χ3v) is 6.58. The third kappa shape index (κ3) is 5.39. The highest BCUT2D eigenvalue weighted by Gasteiger charge is 2.34. The monoisotopic (exact) mass is 459 g/mol. The van der Waals surface area contributed by atoms with Gasteiger partial charge in [-0.25, -0.2) is 4.40 Å². The van der Waals surface area contributed by atoms with Gasteiger partial charge in [0, 0.05) is 24.8 Å². The molecule has 2 aliphatic rings. The summed E-state index contributed by atoms with van der Waals surface area (Å²) in [5.41, 5.74) is 0.345. The Balaban J connectivity index is 1.35. The molecule has 4 rings (SSSR count). The van der Waals surface area contributed by atoms with Gasteiger partial charge in [-0.2, -0.15) is 18.4 Å². The number of piperidine rings is 1. The molecule has 0 bridgehead atoms. The molecule has 8 heteroatoms. The summed E-state index contributed by atoms with van der Waals surface area (Å²) >= 11 is 1.67. The molecule has 2 aliphatic heterocycles. The Labute approximate surface area is 190 Å². The van der Waals surface area contributed by atoms with Crippen LogP contribution in [0.5, 0.6) is 11.5 Å². The Kier molecular flexibility index (Phi) is 6.95. The molecule has 2 aromatic carbocycles. The molecule has 0 saturated carbocycles. The van der Waals surface area contributed by atoms with Gasteiger partial charge < -0.3 is 9.64 Å². The number of nitrogens with zero attached hydrogens (tertiary/aromatic N) is 3. The SMILES string of the molecule is N#Cc1ccc(C(F)(F)F)c(Oc2ccc(CCCC3CCCC4=NSCCN43)cc2)c1. The fourth-order valence-corrected chi connectivity index (χ4v) is 4.99. The Morgan fingerprint density at radius 2 is 2.00 bits per heavy atom. The van der Waals surface area contributed by atoms with E-state index in [1.54, 1.807) is 24.1 Å². The summed E-state index contributed by atoms with van der Waals surface area (Å²) in [6, 6.07) is 12.7. The Bertz CT molecular complexity index is 1010. The molecule has 32 heavy (non-hydrogen) atoms. The van der Waals surface area contributed by atoms with Crippen molar-refractivity contribution in [2.75, 3.05) is 12.3 Å². The standard InChI is InChI=1S/C24H24F3N3OS/c25-24(26,27)21-12-9-18(16-28)15-22(21)31-20-10-7-17(8-11-20)3-1-4-19-5-2-6-23-29-32-14-13-30(19)23/h7-12,15,19H,1-6,13-14H2. The number of rotatable bonds is 6. The number of hydrogen-bond donors (Lipinski definition) is 0. The molecule has 2 aromatic rings. The summed E-state index contributed by atoms with van der Waals surface area (Å²) in [4.78, 5) is 2.48.